The SMILES string of the molecule is Cc1ccc(CSc2nc(N)cc(N3CC[C@@H](N(C)C)[C@H](O)C3)n2)cc1. The Morgan fingerprint density at radius 3 is 2.65 bits per heavy atom. The molecular formula is C19H27N5OS. The minimum Gasteiger partial charge on any atom is -0.390 e. The van der Waals surface area contributed by atoms with Gasteiger partial charge < -0.3 is 20.6 Å². The molecule has 1 aromatic carbocycles. The van der Waals surface area contributed by atoms with Gasteiger partial charge in [0.25, 0.3) is 0 Å². The molecule has 1 aliphatic heterocycles. The molecule has 3 rings (SSSR count). The second-order valence-electron chi connectivity index (χ2n) is 7.04. The van der Waals surface area contributed by atoms with Crippen LogP contribution in [0.5, 0.6) is 0 Å². The summed E-state index contributed by atoms with van der Waals surface area (Å²) < 4.78 is 0. The van der Waals surface area contributed by atoms with Crippen LogP contribution in [0.3, 0.4) is 0 Å². The Morgan fingerprint density at radius 1 is 1.27 bits per heavy atom. The van der Waals surface area contributed by atoms with Crippen molar-refractivity contribution in [2.75, 3.05) is 37.8 Å². The van der Waals surface area contributed by atoms with Gasteiger partial charge in [-0.1, -0.05) is 41.6 Å². The van der Waals surface area contributed by atoms with E-state index in [1.165, 1.54) is 11.1 Å². The van der Waals surface area contributed by atoms with Crippen LogP contribution in [0, 0.1) is 6.92 Å². The Bertz CT molecular complexity index is 737. The van der Waals surface area contributed by atoms with Gasteiger partial charge in [-0.3, -0.25) is 0 Å². The van der Waals surface area contributed by atoms with Gasteiger partial charge >= 0.3 is 0 Å². The lowest BCUT2D eigenvalue weighted by molar-refractivity contribution is 0.0628. The van der Waals surface area contributed by atoms with Crippen molar-refractivity contribution in [3.8, 4) is 0 Å². The molecule has 2 atom stereocenters. The lowest BCUT2D eigenvalue weighted by atomic mass is 10.0. The third-order valence-electron chi connectivity index (χ3n) is 4.73. The summed E-state index contributed by atoms with van der Waals surface area (Å²) >= 11 is 1.58. The van der Waals surface area contributed by atoms with E-state index < -0.39 is 6.10 Å². The summed E-state index contributed by atoms with van der Waals surface area (Å²) in [5, 5.41) is 11.1. The molecule has 2 heterocycles. The number of β-amino-alcohol motifs (C(OH)–C–C–N with tert-alkyl or cyclic N) is 1. The molecule has 6 nitrogen and oxygen atoms in total. The normalized spacial score (nSPS) is 20.6. The second kappa shape index (κ2) is 8.24. The van der Waals surface area contributed by atoms with Crippen molar-refractivity contribution in [3.05, 3.63) is 41.5 Å². The van der Waals surface area contributed by atoms with E-state index in [9.17, 15) is 5.11 Å². The van der Waals surface area contributed by atoms with Crippen LogP contribution in [0.1, 0.15) is 17.5 Å². The van der Waals surface area contributed by atoms with E-state index in [0.29, 0.717) is 17.5 Å². The number of aryl methyl sites for hydroxylation is 1. The zero-order valence-corrected chi connectivity index (χ0v) is 16.4. The van der Waals surface area contributed by atoms with Gasteiger partial charge in [-0.05, 0) is 33.0 Å². The minimum atomic E-state index is -0.404. The van der Waals surface area contributed by atoms with E-state index in [1.54, 1.807) is 17.8 Å². The highest BCUT2D eigenvalue weighted by Gasteiger charge is 2.30. The summed E-state index contributed by atoms with van der Waals surface area (Å²) in [5.74, 6) is 2.06. The average molecular weight is 374 g/mol. The highest BCUT2D eigenvalue weighted by molar-refractivity contribution is 7.98. The van der Waals surface area contributed by atoms with Crippen LogP contribution in [0.25, 0.3) is 0 Å². The molecule has 1 saturated heterocycles. The van der Waals surface area contributed by atoms with Gasteiger partial charge in [-0.15, -0.1) is 0 Å². The quantitative estimate of drug-likeness (QED) is 0.614. The van der Waals surface area contributed by atoms with Crippen LogP contribution in [0.15, 0.2) is 35.5 Å². The molecule has 26 heavy (non-hydrogen) atoms. The van der Waals surface area contributed by atoms with Crippen LogP contribution in [0.4, 0.5) is 11.6 Å². The topological polar surface area (TPSA) is 78.5 Å². The number of rotatable bonds is 5. The van der Waals surface area contributed by atoms with Gasteiger partial charge in [0.15, 0.2) is 5.16 Å². The molecule has 1 fully saturated rings. The molecular weight excluding hydrogens is 346 g/mol. The van der Waals surface area contributed by atoms with Crippen LogP contribution in [-0.4, -0.2) is 59.3 Å². The number of hydrogen-bond donors (Lipinski definition) is 2. The van der Waals surface area contributed by atoms with E-state index in [4.69, 9.17) is 5.73 Å². The fourth-order valence-corrected chi connectivity index (χ4v) is 4.03. The maximum Gasteiger partial charge on any atom is 0.191 e. The van der Waals surface area contributed by atoms with Crippen molar-refractivity contribution in [3.63, 3.8) is 0 Å². The fourth-order valence-electron chi connectivity index (χ4n) is 3.22. The Labute approximate surface area is 159 Å². The van der Waals surface area contributed by atoms with Gasteiger partial charge in [0, 0.05) is 31.0 Å². The number of hydrogen-bond acceptors (Lipinski definition) is 7. The number of anilines is 2. The number of nitrogen functional groups attached to an aromatic ring is 1. The maximum absolute atomic E-state index is 10.4. The number of benzene rings is 1. The van der Waals surface area contributed by atoms with Crippen molar-refractivity contribution in [1.29, 1.82) is 0 Å². The van der Waals surface area contributed by atoms with Gasteiger partial charge in [-0.25, -0.2) is 9.97 Å². The molecule has 2 aromatic rings. The number of nitrogens with zero attached hydrogens (tertiary/aromatic N) is 4. The van der Waals surface area contributed by atoms with Gasteiger partial charge in [0.2, 0.25) is 0 Å². The van der Waals surface area contributed by atoms with Crippen molar-refractivity contribution < 1.29 is 5.11 Å². The molecule has 3 N–H and O–H groups in total. The first kappa shape index (κ1) is 18.9. The number of aromatic nitrogens is 2. The molecule has 0 spiro atoms. The number of aliphatic hydroxyl groups excluding tert-OH is 1. The van der Waals surface area contributed by atoms with Gasteiger partial charge in [0.05, 0.1) is 6.10 Å². The number of aliphatic hydroxyl groups is 1. The third-order valence-corrected chi connectivity index (χ3v) is 5.65. The Morgan fingerprint density at radius 2 is 2.00 bits per heavy atom. The number of piperidine rings is 1. The Kier molecular flexibility index (Phi) is 6.01. The monoisotopic (exact) mass is 373 g/mol. The molecule has 140 valence electrons. The zero-order valence-electron chi connectivity index (χ0n) is 15.6. The molecule has 0 aliphatic carbocycles. The largest absolute Gasteiger partial charge is 0.390 e. The van der Waals surface area contributed by atoms with Crippen LogP contribution in [0.2, 0.25) is 0 Å². The predicted octanol–water partition coefficient (Wildman–Crippen LogP) is 2.16. The smallest absolute Gasteiger partial charge is 0.191 e. The lowest BCUT2D eigenvalue weighted by Crippen LogP contribution is -2.52. The van der Waals surface area contributed by atoms with Crippen molar-refractivity contribution in [2.45, 2.75) is 36.4 Å². The van der Waals surface area contributed by atoms with E-state index in [-0.39, 0.29) is 6.04 Å². The zero-order chi connectivity index (χ0) is 18.7. The summed E-state index contributed by atoms with van der Waals surface area (Å²) in [7, 11) is 4.01. The van der Waals surface area contributed by atoms with Gasteiger partial charge in [0.1, 0.15) is 11.6 Å². The van der Waals surface area contributed by atoms with Crippen molar-refractivity contribution in [1.82, 2.24) is 14.9 Å². The molecule has 0 radical (unpaired) electrons. The molecule has 1 aliphatic rings. The summed E-state index contributed by atoms with van der Waals surface area (Å²) in [4.78, 5) is 13.2. The van der Waals surface area contributed by atoms with Crippen molar-refractivity contribution >= 4 is 23.4 Å². The molecule has 0 amide bonds. The molecule has 0 saturated carbocycles. The number of nitrogens with two attached hydrogens (primary N) is 1. The van der Waals surface area contributed by atoms with E-state index >= 15 is 0 Å². The first-order valence-corrected chi connectivity index (χ1v) is 9.83. The highest BCUT2D eigenvalue weighted by Crippen LogP contribution is 2.26. The predicted molar refractivity (Wildman–Crippen MR) is 107 cm³/mol. The summed E-state index contributed by atoms with van der Waals surface area (Å²) in [6, 6.07) is 10.4. The number of thioether (sulfide) groups is 1. The van der Waals surface area contributed by atoms with E-state index in [2.05, 4.69) is 51.0 Å². The Balaban J connectivity index is 1.68. The molecule has 1 aromatic heterocycles. The first-order valence-electron chi connectivity index (χ1n) is 8.84. The third kappa shape index (κ3) is 4.66. The van der Waals surface area contributed by atoms with Crippen LogP contribution < -0.4 is 10.6 Å². The number of likely N-dealkylation sites (N-methyl/N-ethyl adjacent to an activating group) is 1. The standard InChI is InChI=1S/C19H27N5OS/c1-13-4-6-14(7-5-13)12-26-19-21-17(20)10-18(22-19)24-9-8-15(23(2)3)16(25)11-24/h4-7,10,15-16,25H,8-9,11-12H2,1-3H3,(H2,20,21,22)/t15-,16-/m1/s1. The minimum absolute atomic E-state index is 0.181. The fraction of sp³-hybridized carbons (Fsp3) is 0.474. The van der Waals surface area contributed by atoms with Crippen LogP contribution in [-0.2, 0) is 5.75 Å². The van der Waals surface area contributed by atoms with E-state index in [0.717, 1.165) is 24.5 Å². The van der Waals surface area contributed by atoms with Crippen molar-refractivity contribution in [2.24, 2.45) is 0 Å². The molecule has 0 bridgehead atoms. The summed E-state index contributed by atoms with van der Waals surface area (Å²) in [5.41, 5.74) is 8.49. The molecule has 7 heteroatoms. The molecule has 0 unspecified atom stereocenters. The average Bonchev–Trinajstić information content (AvgIpc) is 2.60. The van der Waals surface area contributed by atoms with E-state index in [1.807, 2.05) is 14.1 Å². The lowest BCUT2D eigenvalue weighted by Gasteiger charge is -2.39. The maximum atomic E-state index is 10.4. The second-order valence-corrected chi connectivity index (χ2v) is 7.98. The summed E-state index contributed by atoms with van der Waals surface area (Å²) in [6.45, 7) is 3.48. The first-order chi connectivity index (χ1) is 12.4. The summed E-state index contributed by atoms with van der Waals surface area (Å²) in [6.07, 6.45) is 0.489. The highest BCUT2D eigenvalue weighted by atomic mass is 32.2. The van der Waals surface area contributed by atoms with Crippen LogP contribution >= 0.6 is 11.8 Å². The van der Waals surface area contributed by atoms with Gasteiger partial charge in [-0.2, -0.15) is 0 Å². The Hall–Kier alpha value is -1.83.